The van der Waals surface area contributed by atoms with Crippen molar-refractivity contribution in [2.75, 3.05) is 7.05 Å². The average molecular weight is 240 g/mol. The van der Waals surface area contributed by atoms with E-state index in [2.05, 4.69) is 24.1 Å². The fourth-order valence-corrected chi connectivity index (χ4v) is 1.69. The Hall–Kier alpha value is -1.03. The largest absolute Gasteiger partial charge is 0.447 e. The van der Waals surface area contributed by atoms with Crippen LogP contribution in [-0.2, 0) is 6.54 Å². The van der Waals surface area contributed by atoms with Gasteiger partial charge in [-0.2, -0.15) is 4.98 Å². The summed E-state index contributed by atoms with van der Waals surface area (Å²) in [5.41, 5.74) is 0.876. The molecule has 0 aliphatic rings. The Morgan fingerprint density at radius 1 is 1.41 bits per heavy atom. The molecule has 4 heteroatoms. The molecule has 0 aromatic carbocycles. The lowest BCUT2D eigenvalue weighted by Gasteiger charge is -2.10. The quantitative estimate of drug-likeness (QED) is 0.674. The molecule has 0 saturated heterocycles. The Labute approximate surface area is 104 Å². The van der Waals surface area contributed by atoms with Crippen molar-refractivity contribution in [1.29, 1.82) is 0 Å². The lowest BCUT2D eigenvalue weighted by molar-refractivity contribution is 0.151. The fraction of sp³-hybridized carbons (Fsp3) is 0.769. The Bertz CT molecular complexity index is 299. The van der Waals surface area contributed by atoms with Crippen LogP contribution in [0, 0.1) is 0 Å². The number of ether oxygens (including phenoxy) is 1. The van der Waals surface area contributed by atoms with Gasteiger partial charge >= 0.3 is 6.08 Å². The SMILES string of the molecule is CCCCCCC(C)Oc1nc(CNC)co1. The number of hydrogen-bond acceptors (Lipinski definition) is 4. The van der Waals surface area contributed by atoms with Gasteiger partial charge in [0, 0.05) is 6.54 Å². The minimum Gasteiger partial charge on any atom is -0.447 e. The van der Waals surface area contributed by atoms with Gasteiger partial charge in [0.1, 0.15) is 12.4 Å². The van der Waals surface area contributed by atoms with Crippen LogP contribution in [0.25, 0.3) is 0 Å². The van der Waals surface area contributed by atoms with E-state index in [9.17, 15) is 0 Å². The predicted molar refractivity (Wildman–Crippen MR) is 68.1 cm³/mol. The van der Waals surface area contributed by atoms with E-state index in [1.807, 2.05) is 7.05 Å². The molecule has 1 N–H and O–H groups in total. The van der Waals surface area contributed by atoms with Crippen LogP contribution in [0.1, 0.15) is 51.6 Å². The van der Waals surface area contributed by atoms with E-state index in [0.29, 0.717) is 12.6 Å². The fourth-order valence-electron chi connectivity index (χ4n) is 1.69. The third-order valence-electron chi connectivity index (χ3n) is 2.65. The van der Waals surface area contributed by atoms with E-state index >= 15 is 0 Å². The molecule has 1 unspecified atom stereocenters. The van der Waals surface area contributed by atoms with E-state index < -0.39 is 0 Å². The van der Waals surface area contributed by atoms with Crippen molar-refractivity contribution in [1.82, 2.24) is 10.3 Å². The number of hydrogen-bond donors (Lipinski definition) is 1. The molecule has 1 atom stereocenters. The molecule has 0 aliphatic heterocycles. The highest BCUT2D eigenvalue weighted by atomic mass is 16.6. The lowest BCUT2D eigenvalue weighted by Crippen LogP contribution is -2.12. The molecule has 98 valence electrons. The topological polar surface area (TPSA) is 47.3 Å². The van der Waals surface area contributed by atoms with Gasteiger partial charge in [-0.3, -0.25) is 0 Å². The summed E-state index contributed by atoms with van der Waals surface area (Å²) in [6.07, 6.45) is 8.31. The number of aromatic nitrogens is 1. The second-order valence-corrected chi connectivity index (χ2v) is 4.41. The molecule has 0 bridgehead atoms. The number of nitrogens with zero attached hydrogens (tertiary/aromatic N) is 1. The lowest BCUT2D eigenvalue weighted by atomic mass is 10.1. The van der Waals surface area contributed by atoms with E-state index in [4.69, 9.17) is 9.15 Å². The maximum Gasteiger partial charge on any atom is 0.393 e. The van der Waals surface area contributed by atoms with Gasteiger partial charge in [0.15, 0.2) is 0 Å². The minimum atomic E-state index is 0.174. The maximum absolute atomic E-state index is 5.62. The van der Waals surface area contributed by atoms with Crippen LogP contribution in [0.2, 0.25) is 0 Å². The number of oxazole rings is 1. The number of unbranched alkanes of at least 4 members (excludes halogenated alkanes) is 3. The summed E-state index contributed by atoms with van der Waals surface area (Å²) in [7, 11) is 1.88. The summed E-state index contributed by atoms with van der Waals surface area (Å²) in [4.78, 5) is 4.23. The molecule has 4 nitrogen and oxygen atoms in total. The monoisotopic (exact) mass is 240 g/mol. The van der Waals surface area contributed by atoms with Crippen molar-refractivity contribution in [2.45, 2.75) is 58.6 Å². The van der Waals surface area contributed by atoms with Crippen LogP contribution in [-0.4, -0.2) is 18.1 Å². The molecule has 1 rings (SSSR count). The first-order valence-corrected chi connectivity index (χ1v) is 6.52. The number of rotatable bonds is 9. The smallest absolute Gasteiger partial charge is 0.393 e. The van der Waals surface area contributed by atoms with Crippen molar-refractivity contribution in [3.05, 3.63) is 12.0 Å². The molecular weight excluding hydrogens is 216 g/mol. The van der Waals surface area contributed by atoms with Gasteiger partial charge in [-0.15, -0.1) is 0 Å². The number of nitrogens with one attached hydrogen (secondary N) is 1. The van der Waals surface area contributed by atoms with Crippen LogP contribution >= 0.6 is 0 Å². The van der Waals surface area contributed by atoms with Crippen LogP contribution in [0.4, 0.5) is 0 Å². The van der Waals surface area contributed by atoms with Gasteiger partial charge in [-0.1, -0.05) is 26.2 Å². The van der Waals surface area contributed by atoms with Crippen molar-refractivity contribution in [3.63, 3.8) is 0 Å². The zero-order chi connectivity index (χ0) is 12.5. The summed E-state index contributed by atoms with van der Waals surface area (Å²) in [6, 6.07) is 0. The summed E-state index contributed by atoms with van der Waals surface area (Å²) in [5, 5.41) is 3.02. The molecule has 1 aromatic heterocycles. The van der Waals surface area contributed by atoms with Gasteiger partial charge in [0.05, 0.1) is 5.69 Å². The van der Waals surface area contributed by atoms with Gasteiger partial charge in [0.2, 0.25) is 0 Å². The van der Waals surface area contributed by atoms with Crippen molar-refractivity contribution in [3.8, 4) is 6.08 Å². The first kappa shape index (κ1) is 14.0. The Morgan fingerprint density at radius 2 is 2.24 bits per heavy atom. The van der Waals surface area contributed by atoms with Gasteiger partial charge in [-0.05, 0) is 26.8 Å². The van der Waals surface area contributed by atoms with Gasteiger partial charge < -0.3 is 14.5 Å². The van der Waals surface area contributed by atoms with E-state index in [-0.39, 0.29) is 6.10 Å². The van der Waals surface area contributed by atoms with E-state index in [1.54, 1.807) is 6.26 Å². The first-order chi connectivity index (χ1) is 8.26. The average Bonchev–Trinajstić information content (AvgIpc) is 2.73. The molecule has 1 aromatic rings. The molecule has 0 aliphatic carbocycles. The Balaban J connectivity index is 2.22. The predicted octanol–water partition coefficient (Wildman–Crippen LogP) is 3.13. The van der Waals surface area contributed by atoms with E-state index in [0.717, 1.165) is 12.1 Å². The molecule has 0 spiro atoms. The summed E-state index contributed by atoms with van der Waals surface area (Å²) < 4.78 is 10.9. The second kappa shape index (κ2) is 8.12. The molecular formula is C13H24N2O2. The van der Waals surface area contributed by atoms with Crippen LogP contribution in [0.5, 0.6) is 6.08 Å². The standard InChI is InChI=1S/C13H24N2O2/c1-4-5-6-7-8-11(2)17-13-15-12(9-14-3)10-16-13/h10-11,14H,4-9H2,1-3H3. The summed E-state index contributed by atoms with van der Waals surface area (Å²) in [6.45, 7) is 4.99. The molecule has 0 fully saturated rings. The van der Waals surface area contributed by atoms with E-state index in [1.165, 1.54) is 25.7 Å². The second-order valence-electron chi connectivity index (χ2n) is 4.41. The highest BCUT2D eigenvalue weighted by Crippen LogP contribution is 2.15. The minimum absolute atomic E-state index is 0.174. The molecule has 17 heavy (non-hydrogen) atoms. The third-order valence-corrected chi connectivity index (χ3v) is 2.65. The van der Waals surface area contributed by atoms with Crippen molar-refractivity contribution < 1.29 is 9.15 Å². The third kappa shape index (κ3) is 5.73. The Kier molecular flexibility index (Phi) is 6.70. The Morgan fingerprint density at radius 3 is 2.94 bits per heavy atom. The zero-order valence-electron chi connectivity index (χ0n) is 11.2. The first-order valence-electron chi connectivity index (χ1n) is 6.52. The van der Waals surface area contributed by atoms with Gasteiger partial charge in [-0.25, -0.2) is 0 Å². The maximum atomic E-state index is 5.62. The van der Waals surface area contributed by atoms with Crippen LogP contribution in [0.3, 0.4) is 0 Å². The normalized spacial score (nSPS) is 12.6. The summed E-state index contributed by atoms with van der Waals surface area (Å²) >= 11 is 0. The van der Waals surface area contributed by atoms with Gasteiger partial charge in [0.25, 0.3) is 0 Å². The van der Waals surface area contributed by atoms with Crippen molar-refractivity contribution >= 4 is 0 Å². The van der Waals surface area contributed by atoms with Crippen molar-refractivity contribution in [2.24, 2.45) is 0 Å². The zero-order valence-corrected chi connectivity index (χ0v) is 11.2. The molecule has 0 saturated carbocycles. The molecule has 1 heterocycles. The highest BCUT2D eigenvalue weighted by Gasteiger charge is 2.09. The molecule has 0 radical (unpaired) electrons. The molecule has 0 amide bonds. The van der Waals surface area contributed by atoms with Crippen LogP contribution in [0.15, 0.2) is 10.7 Å². The van der Waals surface area contributed by atoms with Crippen LogP contribution < -0.4 is 10.1 Å². The summed E-state index contributed by atoms with van der Waals surface area (Å²) in [5.74, 6) is 0. The highest BCUT2D eigenvalue weighted by molar-refractivity contribution is 4.99.